The minimum absolute atomic E-state index is 0.0948. The molecule has 0 aliphatic heterocycles. The Labute approximate surface area is 363 Å². The Morgan fingerprint density at radius 2 is 0.661 bits per heavy atom. The first-order valence-electron chi connectivity index (χ1n) is 24.1. The van der Waals surface area contributed by atoms with Crippen LogP contribution in [0.2, 0.25) is 0 Å². The quantitative estimate of drug-likeness (QED) is 0.0264. The molecule has 1 atom stereocenters. The van der Waals surface area contributed by atoms with Crippen molar-refractivity contribution < 1.29 is 28.6 Å². The maximum Gasteiger partial charge on any atom is 0.306 e. The van der Waals surface area contributed by atoms with E-state index in [0.717, 1.165) is 148 Å². The number of carbonyl (C=O) groups excluding carboxylic acids is 3. The summed E-state index contributed by atoms with van der Waals surface area (Å²) in [6, 6.07) is 0. The SMILES string of the molecule is CC/C=C\C/C=C\C/C=C\CCCCCCCC(=O)OCC(COC(=O)CCCCCCC/C=C\CCCC)OC(=O)CCCCCCC/C=C\C/C=C\C/C=C\CC. The van der Waals surface area contributed by atoms with E-state index in [-0.39, 0.29) is 31.1 Å². The van der Waals surface area contributed by atoms with Gasteiger partial charge in [0.25, 0.3) is 0 Å². The summed E-state index contributed by atoms with van der Waals surface area (Å²) >= 11 is 0. The lowest BCUT2D eigenvalue weighted by Crippen LogP contribution is -2.30. The molecule has 0 N–H and O–H groups in total. The number of rotatable bonds is 42. The lowest BCUT2D eigenvalue weighted by atomic mass is 10.1. The second-order valence-corrected chi connectivity index (χ2v) is 15.6. The molecule has 0 amide bonds. The molecule has 336 valence electrons. The molecule has 59 heavy (non-hydrogen) atoms. The highest BCUT2D eigenvalue weighted by Crippen LogP contribution is 2.13. The molecule has 0 heterocycles. The van der Waals surface area contributed by atoms with Crippen LogP contribution in [0, 0.1) is 0 Å². The molecule has 0 aromatic heterocycles. The van der Waals surface area contributed by atoms with Crippen molar-refractivity contribution in [1.82, 2.24) is 0 Å². The van der Waals surface area contributed by atoms with Gasteiger partial charge in [0.15, 0.2) is 6.10 Å². The van der Waals surface area contributed by atoms with Crippen molar-refractivity contribution in [3.63, 3.8) is 0 Å². The van der Waals surface area contributed by atoms with Gasteiger partial charge >= 0.3 is 17.9 Å². The predicted molar refractivity (Wildman–Crippen MR) is 251 cm³/mol. The Hall–Kier alpha value is -3.41. The number of ether oxygens (including phenoxy) is 3. The zero-order valence-electron chi connectivity index (χ0n) is 38.2. The predicted octanol–water partition coefficient (Wildman–Crippen LogP) is 15.6. The summed E-state index contributed by atoms with van der Waals surface area (Å²) in [5.74, 6) is -0.944. The molecule has 0 saturated carbocycles. The largest absolute Gasteiger partial charge is 0.462 e. The van der Waals surface area contributed by atoms with Crippen molar-refractivity contribution in [3.8, 4) is 0 Å². The summed E-state index contributed by atoms with van der Waals surface area (Å²) in [4.78, 5) is 37.8. The molecule has 0 bridgehead atoms. The van der Waals surface area contributed by atoms with Crippen LogP contribution in [-0.4, -0.2) is 37.2 Å². The van der Waals surface area contributed by atoms with Gasteiger partial charge < -0.3 is 14.2 Å². The Morgan fingerprint density at radius 3 is 1.05 bits per heavy atom. The minimum Gasteiger partial charge on any atom is -0.462 e. The van der Waals surface area contributed by atoms with Gasteiger partial charge in [0.2, 0.25) is 0 Å². The number of hydrogen-bond acceptors (Lipinski definition) is 6. The second kappa shape index (κ2) is 47.3. The van der Waals surface area contributed by atoms with Crippen LogP contribution in [0.3, 0.4) is 0 Å². The highest BCUT2D eigenvalue weighted by molar-refractivity contribution is 5.71. The molecule has 0 aliphatic carbocycles. The van der Waals surface area contributed by atoms with Crippen molar-refractivity contribution in [3.05, 3.63) is 85.1 Å². The Balaban J connectivity index is 4.45. The lowest BCUT2D eigenvalue weighted by Gasteiger charge is -2.18. The molecule has 0 saturated heterocycles. The standard InChI is InChI=1S/C53H88O6/c1-4-7-10-13-16-19-22-24-26-28-31-34-37-40-43-46-52(55)58-49-50(48-57-51(54)45-42-39-36-33-30-21-18-15-12-9-6-3)59-53(56)47-44-41-38-35-32-29-27-25-23-20-17-14-11-8-5-2/h7-8,10-11,15-20,24-27,50H,4-6,9,12-14,21-23,28-49H2,1-3H3/b10-7-,11-8-,18-15-,19-16-,20-17-,26-24-,27-25-. The Morgan fingerprint density at radius 1 is 0.356 bits per heavy atom. The minimum atomic E-state index is -0.795. The van der Waals surface area contributed by atoms with E-state index in [2.05, 4.69) is 106 Å². The lowest BCUT2D eigenvalue weighted by molar-refractivity contribution is -0.167. The molecule has 0 fully saturated rings. The van der Waals surface area contributed by atoms with E-state index < -0.39 is 6.10 Å². The van der Waals surface area contributed by atoms with Crippen LogP contribution in [0.1, 0.15) is 213 Å². The third kappa shape index (κ3) is 45.5. The van der Waals surface area contributed by atoms with Gasteiger partial charge in [0, 0.05) is 19.3 Å². The normalized spacial score (nSPS) is 12.8. The van der Waals surface area contributed by atoms with Crippen LogP contribution in [0.25, 0.3) is 0 Å². The van der Waals surface area contributed by atoms with E-state index in [0.29, 0.717) is 19.3 Å². The Kier molecular flexibility index (Phi) is 44.5. The number of unbranched alkanes of at least 4 members (excludes halogenated alkanes) is 17. The first-order valence-corrected chi connectivity index (χ1v) is 24.1. The van der Waals surface area contributed by atoms with Gasteiger partial charge in [0.05, 0.1) is 0 Å². The van der Waals surface area contributed by atoms with E-state index in [1.807, 2.05) is 0 Å². The fourth-order valence-electron chi connectivity index (χ4n) is 6.27. The molecule has 0 aliphatic rings. The van der Waals surface area contributed by atoms with Crippen LogP contribution in [-0.2, 0) is 28.6 Å². The summed E-state index contributed by atoms with van der Waals surface area (Å²) in [7, 11) is 0. The van der Waals surface area contributed by atoms with Gasteiger partial charge in [-0.3, -0.25) is 14.4 Å². The van der Waals surface area contributed by atoms with Gasteiger partial charge in [-0.25, -0.2) is 0 Å². The number of hydrogen-bond donors (Lipinski definition) is 0. The van der Waals surface area contributed by atoms with Gasteiger partial charge in [-0.2, -0.15) is 0 Å². The van der Waals surface area contributed by atoms with Crippen LogP contribution >= 0.6 is 0 Å². The van der Waals surface area contributed by atoms with Crippen molar-refractivity contribution >= 4 is 17.9 Å². The smallest absolute Gasteiger partial charge is 0.306 e. The van der Waals surface area contributed by atoms with Crippen molar-refractivity contribution in [1.29, 1.82) is 0 Å². The summed E-state index contributed by atoms with van der Waals surface area (Å²) in [6.07, 6.45) is 59.9. The van der Waals surface area contributed by atoms with Gasteiger partial charge in [0.1, 0.15) is 13.2 Å². The average Bonchev–Trinajstić information content (AvgIpc) is 3.23. The van der Waals surface area contributed by atoms with Crippen LogP contribution in [0.15, 0.2) is 85.1 Å². The van der Waals surface area contributed by atoms with Gasteiger partial charge in [-0.15, -0.1) is 0 Å². The van der Waals surface area contributed by atoms with E-state index in [1.165, 1.54) is 25.7 Å². The van der Waals surface area contributed by atoms with Crippen molar-refractivity contribution in [2.45, 2.75) is 219 Å². The first kappa shape index (κ1) is 55.6. The highest BCUT2D eigenvalue weighted by atomic mass is 16.6. The maximum absolute atomic E-state index is 12.8. The molecule has 6 heteroatoms. The molecule has 1 unspecified atom stereocenters. The topological polar surface area (TPSA) is 78.9 Å². The molecular weight excluding hydrogens is 733 g/mol. The molecule has 0 aromatic carbocycles. The number of allylic oxidation sites excluding steroid dienone is 14. The average molecular weight is 821 g/mol. The van der Waals surface area contributed by atoms with Crippen LogP contribution in [0.5, 0.6) is 0 Å². The van der Waals surface area contributed by atoms with E-state index in [9.17, 15) is 14.4 Å². The molecular formula is C53H88O6. The third-order valence-corrected chi connectivity index (χ3v) is 9.86. The van der Waals surface area contributed by atoms with Crippen LogP contribution < -0.4 is 0 Å². The molecule has 0 aromatic rings. The van der Waals surface area contributed by atoms with E-state index in [1.54, 1.807) is 0 Å². The monoisotopic (exact) mass is 821 g/mol. The fourth-order valence-corrected chi connectivity index (χ4v) is 6.27. The second-order valence-electron chi connectivity index (χ2n) is 15.6. The highest BCUT2D eigenvalue weighted by Gasteiger charge is 2.19. The van der Waals surface area contributed by atoms with Crippen LogP contribution in [0.4, 0.5) is 0 Å². The van der Waals surface area contributed by atoms with Gasteiger partial charge in [-0.05, 0) is 103 Å². The van der Waals surface area contributed by atoms with Crippen molar-refractivity contribution in [2.24, 2.45) is 0 Å². The fraction of sp³-hybridized carbons (Fsp3) is 0.679. The summed E-state index contributed by atoms with van der Waals surface area (Å²) in [6.45, 7) is 6.32. The Bertz CT molecular complexity index is 1170. The third-order valence-electron chi connectivity index (χ3n) is 9.86. The molecule has 6 nitrogen and oxygen atoms in total. The van der Waals surface area contributed by atoms with E-state index in [4.69, 9.17) is 14.2 Å². The molecule has 0 spiro atoms. The molecule has 0 radical (unpaired) electrons. The summed E-state index contributed by atoms with van der Waals surface area (Å²) in [5.41, 5.74) is 0. The summed E-state index contributed by atoms with van der Waals surface area (Å²) < 4.78 is 16.7. The summed E-state index contributed by atoms with van der Waals surface area (Å²) in [5, 5.41) is 0. The van der Waals surface area contributed by atoms with Crippen molar-refractivity contribution in [2.75, 3.05) is 13.2 Å². The first-order chi connectivity index (χ1) is 29.0. The van der Waals surface area contributed by atoms with E-state index >= 15 is 0 Å². The zero-order chi connectivity index (χ0) is 43.0. The van der Waals surface area contributed by atoms with Gasteiger partial charge in [-0.1, -0.05) is 176 Å². The number of carbonyl (C=O) groups is 3. The zero-order valence-corrected chi connectivity index (χ0v) is 38.2. The molecule has 0 rings (SSSR count). The maximum atomic E-state index is 12.8. The number of esters is 3.